The Morgan fingerprint density at radius 2 is 1.94 bits per heavy atom. The SMILES string of the molecule is CN(CCN(CC(=O)NO)S(=O)(=O)c1ccc(-c2cccc(F)c2)nc1)C(=O)N1CCOCC1. The molecule has 1 aliphatic heterocycles. The third kappa shape index (κ3) is 6.26. The number of carbonyl (C=O) groups is 2. The van der Waals surface area contributed by atoms with Crippen molar-refractivity contribution in [1.82, 2.24) is 24.6 Å². The van der Waals surface area contributed by atoms with Crippen molar-refractivity contribution in [3.63, 3.8) is 0 Å². The first kappa shape index (κ1) is 25.5. The van der Waals surface area contributed by atoms with Crippen molar-refractivity contribution in [2.24, 2.45) is 0 Å². The van der Waals surface area contributed by atoms with Gasteiger partial charge in [-0.05, 0) is 24.3 Å². The van der Waals surface area contributed by atoms with E-state index in [2.05, 4.69) is 4.98 Å². The minimum Gasteiger partial charge on any atom is -0.378 e. The summed E-state index contributed by atoms with van der Waals surface area (Å²) in [6.07, 6.45) is 1.11. The molecular formula is C21H26FN5O6S. The molecule has 1 fully saturated rings. The molecule has 1 aromatic carbocycles. The predicted molar refractivity (Wildman–Crippen MR) is 119 cm³/mol. The molecule has 13 heteroatoms. The molecule has 0 spiro atoms. The molecule has 1 saturated heterocycles. The maximum Gasteiger partial charge on any atom is 0.319 e. The maximum absolute atomic E-state index is 13.5. The van der Waals surface area contributed by atoms with Gasteiger partial charge in [-0.15, -0.1) is 0 Å². The molecule has 0 atom stereocenters. The van der Waals surface area contributed by atoms with Gasteiger partial charge in [-0.25, -0.2) is 23.1 Å². The molecule has 3 amide bonds. The summed E-state index contributed by atoms with van der Waals surface area (Å²) in [5.74, 6) is -1.39. The molecule has 11 nitrogen and oxygen atoms in total. The number of hydrogen-bond acceptors (Lipinski definition) is 7. The first-order valence-electron chi connectivity index (χ1n) is 10.4. The number of benzene rings is 1. The summed E-state index contributed by atoms with van der Waals surface area (Å²) in [7, 11) is -2.67. The summed E-state index contributed by atoms with van der Waals surface area (Å²) < 4.78 is 46.0. The van der Waals surface area contributed by atoms with Crippen LogP contribution in [-0.4, -0.2) is 97.6 Å². The molecular weight excluding hydrogens is 469 g/mol. The van der Waals surface area contributed by atoms with Gasteiger partial charge in [0.05, 0.1) is 25.5 Å². The number of amides is 3. The molecule has 2 heterocycles. The normalized spacial score (nSPS) is 14.2. The highest BCUT2D eigenvalue weighted by atomic mass is 32.2. The summed E-state index contributed by atoms with van der Waals surface area (Å²) in [5.41, 5.74) is 2.26. The van der Waals surface area contributed by atoms with Crippen molar-refractivity contribution >= 4 is 22.0 Å². The van der Waals surface area contributed by atoms with Crippen molar-refractivity contribution in [2.75, 3.05) is 53.0 Å². The number of urea groups is 1. The Morgan fingerprint density at radius 1 is 1.21 bits per heavy atom. The average molecular weight is 496 g/mol. The van der Waals surface area contributed by atoms with E-state index in [1.807, 2.05) is 0 Å². The third-order valence-electron chi connectivity index (χ3n) is 5.23. The van der Waals surface area contributed by atoms with E-state index in [1.54, 1.807) is 11.0 Å². The van der Waals surface area contributed by atoms with Crippen LogP contribution in [0.15, 0.2) is 47.5 Å². The van der Waals surface area contributed by atoms with Crippen LogP contribution in [0.4, 0.5) is 9.18 Å². The fourth-order valence-electron chi connectivity index (χ4n) is 3.33. The highest BCUT2D eigenvalue weighted by Crippen LogP contribution is 2.21. The fourth-order valence-corrected chi connectivity index (χ4v) is 4.67. The monoisotopic (exact) mass is 495 g/mol. The van der Waals surface area contributed by atoms with Gasteiger partial charge in [-0.2, -0.15) is 4.31 Å². The highest BCUT2D eigenvalue weighted by Gasteiger charge is 2.28. The zero-order valence-corrected chi connectivity index (χ0v) is 19.4. The van der Waals surface area contributed by atoms with Crippen LogP contribution in [-0.2, 0) is 19.6 Å². The smallest absolute Gasteiger partial charge is 0.319 e. The van der Waals surface area contributed by atoms with Gasteiger partial charge in [0, 0.05) is 45.0 Å². The van der Waals surface area contributed by atoms with E-state index in [0.29, 0.717) is 37.6 Å². The van der Waals surface area contributed by atoms with Crippen LogP contribution in [0.2, 0.25) is 0 Å². The lowest BCUT2D eigenvalue weighted by atomic mass is 10.1. The average Bonchev–Trinajstić information content (AvgIpc) is 2.86. The summed E-state index contributed by atoms with van der Waals surface area (Å²) >= 11 is 0. The second-order valence-corrected chi connectivity index (χ2v) is 9.50. The lowest BCUT2D eigenvalue weighted by Crippen LogP contribution is -2.49. The van der Waals surface area contributed by atoms with Crippen LogP contribution in [0.25, 0.3) is 11.3 Å². The summed E-state index contributed by atoms with van der Waals surface area (Å²) in [4.78, 5) is 31.2. The number of carbonyl (C=O) groups excluding carboxylic acids is 2. The van der Waals surface area contributed by atoms with Crippen LogP contribution in [0.5, 0.6) is 0 Å². The number of sulfonamides is 1. The molecule has 2 N–H and O–H groups in total. The first-order valence-corrected chi connectivity index (χ1v) is 11.9. The number of hydroxylamine groups is 1. The molecule has 0 bridgehead atoms. The topological polar surface area (TPSA) is 132 Å². The Morgan fingerprint density at radius 3 is 2.56 bits per heavy atom. The number of nitrogens with one attached hydrogen (secondary N) is 1. The van der Waals surface area contributed by atoms with Gasteiger partial charge in [-0.3, -0.25) is 15.0 Å². The van der Waals surface area contributed by atoms with Crippen LogP contribution in [0.3, 0.4) is 0 Å². The van der Waals surface area contributed by atoms with E-state index < -0.39 is 28.3 Å². The largest absolute Gasteiger partial charge is 0.378 e. The van der Waals surface area contributed by atoms with Gasteiger partial charge >= 0.3 is 6.03 Å². The molecule has 2 aromatic rings. The quantitative estimate of drug-likeness (QED) is 0.408. The van der Waals surface area contributed by atoms with Gasteiger partial charge in [0.1, 0.15) is 10.7 Å². The van der Waals surface area contributed by atoms with Crippen LogP contribution >= 0.6 is 0 Å². The zero-order valence-electron chi connectivity index (χ0n) is 18.6. The number of aromatic nitrogens is 1. The van der Waals surface area contributed by atoms with Gasteiger partial charge < -0.3 is 14.5 Å². The lowest BCUT2D eigenvalue weighted by molar-refractivity contribution is -0.129. The van der Waals surface area contributed by atoms with E-state index >= 15 is 0 Å². The number of nitrogens with zero attached hydrogens (tertiary/aromatic N) is 4. The Hall–Kier alpha value is -3.13. The number of morpholine rings is 1. The third-order valence-corrected chi connectivity index (χ3v) is 7.06. The Balaban J connectivity index is 1.75. The van der Waals surface area contributed by atoms with Crippen molar-refractivity contribution in [1.29, 1.82) is 0 Å². The predicted octanol–water partition coefficient (Wildman–Crippen LogP) is 0.768. The minimum atomic E-state index is -4.21. The summed E-state index contributed by atoms with van der Waals surface area (Å²) in [6.45, 7) is 0.856. The number of likely N-dealkylation sites (N-methyl/N-ethyl adjacent to an activating group) is 1. The number of hydrogen-bond donors (Lipinski definition) is 2. The minimum absolute atomic E-state index is 0.00291. The van der Waals surface area contributed by atoms with E-state index in [0.717, 1.165) is 10.5 Å². The van der Waals surface area contributed by atoms with E-state index in [9.17, 15) is 22.4 Å². The molecule has 0 saturated carbocycles. The zero-order chi connectivity index (χ0) is 24.7. The van der Waals surface area contributed by atoms with Crippen molar-refractivity contribution < 1.29 is 32.3 Å². The summed E-state index contributed by atoms with van der Waals surface area (Å²) in [6, 6.07) is 8.16. The van der Waals surface area contributed by atoms with Crippen LogP contribution < -0.4 is 5.48 Å². The molecule has 0 unspecified atom stereocenters. The van der Waals surface area contributed by atoms with Crippen LogP contribution in [0.1, 0.15) is 0 Å². The van der Waals surface area contributed by atoms with Crippen LogP contribution in [0, 0.1) is 5.82 Å². The number of ether oxygens (including phenoxy) is 1. The molecule has 1 aromatic heterocycles. The fraction of sp³-hybridized carbons (Fsp3) is 0.381. The van der Waals surface area contributed by atoms with E-state index in [-0.39, 0.29) is 24.0 Å². The highest BCUT2D eigenvalue weighted by molar-refractivity contribution is 7.89. The van der Waals surface area contributed by atoms with E-state index in [1.165, 1.54) is 47.8 Å². The second-order valence-electron chi connectivity index (χ2n) is 7.57. The van der Waals surface area contributed by atoms with Crippen molar-refractivity contribution in [3.05, 3.63) is 48.4 Å². The van der Waals surface area contributed by atoms with Gasteiger partial charge in [-0.1, -0.05) is 12.1 Å². The Kier molecular flexibility index (Phi) is 8.50. The van der Waals surface area contributed by atoms with Gasteiger partial charge in [0.2, 0.25) is 10.0 Å². The number of rotatable bonds is 8. The molecule has 0 radical (unpaired) electrons. The standard InChI is InChI=1S/C21H26FN5O6S/c1-25(21(29)26-9-11-33-12-10-26)7-8-27(15-20(28)24-30)34(31,32)18-5-6-19(23-14-18)16-3-2-4-17(22)13-16/h2-6,13-14,30H,7-12,15H2,1H3,(H,24,28). The lowest BCUT2D eigenvalue weighted by Gasteiger charge is -2.32. The molecule has 34 heavy (non-hydrogen) atoms. The molecule has 184 valence electrons. The molecule has 1 aliphatic rings. The summed E-state index contributed by atoms with van der Waals surface area (Å²) in [5, 5.41) is 8.89. The second kappa shape index (κ2) is 11.3. The molecule has 0 aliphatic carbocycles. The maximum atomic E-state index is 13.5. The number of pyridine rings is 1. The van der Waals surface area contributed by atoms with Gasteiger partial charge in [0.15, 0.2) is 0 Å². The van der Waals surface area contributed by atoms with Gasteiger partial charge in [0.25, 0.3) is 5.91 Å². The number of halogens is 1. The Labute approximate surface area is 196 Å². The van der Waals surface area contributed by atoms with Crippen molar-refractivity contribution in [3.8, 4) is 11.3 Å². The van der Waals surface area contributed by atoms with E-state index in [4.69, 9.17) is 9.94 Å². The first-order chi connectivity index (χ1) is 16.2. The molecule has 3 rings (SSSR count). The Bertz CT molecular complexity index is 1110. The van der Waals surface area contributed by atoms with Crippen molar-refractivity contribution in [2.45, 2.75) is 4.90 Å².